The number of rotatable bonds is 1. The number of H-pyrrole nitrogens is 1. The van der Waals surface area contributed by atoms with Crippen LogP contribution in [0.1, 0.15) is 24.1 Å². The van der Waals surface area contributed by atoms with Crippen molar-refractivity contribution in [2.45, 2.75) is 25.7 Å². The van der Waals surface area contributed by atoms with Crippen molar-refractivity contribution >= 4 is 0 Å². The molecule has 1 aromatic rings. The Morgan fingerprint density at radius 2 is 2.00 bits per heavy atom. The minimum Gasteiger partial charge on any atom is -0.491 e. The summed E-state index contributed by atoms with van der Waals surface area (Å²) in [5.74, 6) is 0.0920. The number of aromatic amines is 1. The first kappa shape index (κ1) is 9.96. The molecule has 1 aromatic heterocycles. The number of hydrogen-bond donors (Lipinski definition) is 1. The highest BCUT2D eigenvalue weighted by atomic mass is 16.5. The molecule has 0 amide bonds. The normalized spacial score (nSPS) is 14.5. The lowest BCUT2D eigenvalue weighted by molar-refractivity contribution is 0.409. The van der Waals surface area contributed by atoms with Crippen LogP contribution < -0.4 is 15.7 Å². The van der Waals surface area contributed by atoms with Gasteiger partial charge in [0.25, 0.3) is 5.56 Å². The van der Waals surface area contributed by atoms with Crippen molar-refractivity contribution in [2.75, 3.05) is 7.11 Å². The van der Waals surface area contributed by atoms with Crippen LogP contribution in [-0.2, 0) is 12.8 Å². The van der Waals surface area contributed by atoms with Crippen molar-refractivity contribution in [1.82, 2.24) is 4.98 Å². The second kappa shape index (κ2) is 3.88. The fraction of sp³-hybridized carbons (Fsp3) is 0.455. The summed E-state index contributed by atoms with van der Waals surface area (Å²) >= 11 is 0. The van der Waals surface area contributed by atoms with Crippen molar-refractivity contribution < 1.29 is 4.74 Å². The topological polar surface area (TPSA) is 59.2 Å². The molecule has 15 heavy (non-hydrogen) atoms. The van der Waals surface area contributed by atoms with E-state index in [9.17, 15) is 9.59 Å². The average molecular weight is 207 g/mol. The molecule has 1 N–H and O–H groups in total. The number of hydrogen-bond acceptors (Lipinski definition) is 3. The van der Waals surface area contributed by atoms with E-state index >= 15 is 0 Å². The number of aryl methyl sites for hydroxylation is 1. The molecule has 0 aliphatic heterocycles. The minimum absolute atomic E-state index is 0.0920. The Balaban J connectivity index is 2.75. The maximum Gasteiger partial charge on any atom is 0.290 e. The summed E-state index contributed by atoms with van der Waals surface area (Å²) in [6, 6.07) is 1.28. The summed E-state index contributed by atoms with van der Waals surface area (Å²) in [5.41, 5.74) is 1.10. The molecule has 0 bridgehead atoms. The average Bonchev–Trinajstić information content (AvgIpc) is 2.37. The number of fused-ring (bicyclic) bond motifs is 1. The van der Waals surface area contributed by atoms with E-state index in [0.29, 0.717) is 0 Å². The van der Waals surface area contributed by atoms with E-state index in [1.165, 1.54) is 13.2 Å². The van der Waals surface area contributed by atoms with Crippen LogP contribution in [0.5, 0.6) is 5.75 Å². The van der Waals surface area contributed by atoms with E-state index in [1.54, 1.807) is 0 Å². The summed E-state index contributed by atoms with van der Waals surface area (Å²) in [7, 11) is 1.39. The Kier molecular flexibility index (Phi) is 2.58. The second-order valence-corrected chi connectivity index (χ2v) is 3.70. The van der Waals surface area contributed by atoms with Crippen LogP contribution in [0.3, 0.4) is 0 Å². The van der Waals surface area contributed by atoms with Crippen LogP contribution in [-0.4, -0.2) is 12.1 Å². The predicted molar refractivity (Wildman–Crippen MR) is 56.5 cm³/mol. The number of aromatic nitrogens is 1. The molecule has 0 saturated heterocycles. The molecule has 0 fully saturated rings. The van der Waals surface area contributed by atoms with Gasteiger partial charge in [0.2, 0.25) is 0 Å². The highest BCUT2D eigenvalue weighted by molar-refractivity contribution is 5.27. The highest BCUT2D eigenvalue weighted by Gasteiger charge is 2.13. The highest BCUT2D eigenvalue weighted by Crippen LogP contribution is 2.14. The molecular formula is C11H13NO3. The van der Waals surface area contributed by atoms with Crippen molar-refractivity contribution in [3.05, 3.63) is 37.9 Å². The summed E-state index contributed by atoms with van der Waals surface area (Å²) in [5, 5.41) is 0. The van der Waals surface area contributed by atoms with Crippen LogP contribution in [0.4, 0.5) is 0 Å². The lowest BCUT2D eigenvalue weighted by Gasteiger charge is -2.10. The lowest BCUT2D eigenvalue weighted by Crippen LogP contribution is -2.14. The summed E-state index contributed by atoms with van der Waals surface area (Å²) < 4.78 is 4.86. The smallest absolute Gasteiger partial charge is 0.290 e. The molecule has 0 atom stereocenters. The molecule has 1 aliphatic carbocycles. The van der Waals surface area contributed by atoms with E-state index in [4.69, 9.17) is 4.74 Å². The Hall–Kier alpha value is -1.58. The number of ether oxygens (including phenoxy) is 1. The van der Waals surface area contributed by atoms with E-state index in [0.717, 1.165) is 36.9 Å². The van der Waals surface area contributed by atoms with Gasteiger partial charge >= 0.3 is 0 Å². The Labute approximate surface area is 86.9 Å². The zero-order valence-corrected chi connectivity index (χ0v) is 8.63. The monoisotopic (exact) mass is 207 g/mol. The van der Waals surface area contributed by atoms with Gasteiger partial charge in [-0.25, -0.2) is 0 Å². The third-order valence-corrected chi connectivity index (χ3v) is 2.74. The second-order valence-electron chi connectivity index (χ2n) is 3.70. The summed E-state index contributed by atoms with van der Waals surface area (Å²) in [6.45, 7) is 0. The van der Waals surface area contributed by atoms with Gasteiger partial charge in [0.15, 0.2) is 11.2 Å². The zero-order valence-electron chi connectivity index (χ0n) is 8.63. The summed E-state index contributed by atoms with van der Waals surface area (Å²) in [6.07, 6.45) is 3.56. The first-order valence-corrected chi connectivity index (χ1v) is 5.06. The van der Waals surface area contributed by atoms with Gasteiger partial charge < -0.3 is 9.72 Å². The fourth-order valence-corrected chi connectivity index (χ4v) is 1.94. The molecule has 1 aliphatic rings. The fourth-order valence-electron chi connectivity index (χ4n) is 1.94. The molecule has 0 aromatic carbocycles. The van der Waals surface area contributed by atoms with E-state index < -0.39 is 0 Å². The van der Waals surface area contributed by atoms with Crippen LogP contribution in [0.2, 0.25) is 0 Å². The molecule has 0 saturated carbocycles. The van der Waals surface area contributed by atoms with Crippen LogP contribution in [0, 0.1) is 0 Å². The Bertz CT molecular complexity index is 490. The predicted octanol–water partition coefficient (Wildman–Crippen LogP) is 0.622. The maximum atomic E-state index is 11.8. The summed E-state index contributed by atoms with van der Waals surface area (Å²) in [4.78, 5) is 26.1. The molecule has 1 heterocycles. The van der Waals surface area contributed by atoms with Crippen LogP contribution in [0.15, 0.2) is 15.7 Å². The molecule has 80 valence electrons. The minimum atomic E-state index is -0.322. The molecule has 4 heteroatoms. The lowest BCUT2D eigenvalue weighted by atomic mass is 9.97. The zero-order chi connectivity index (χ0) is 10.8. The van der Waals surface area contributed by atoms with Crippen molar-refractivity contribution in [3.8, 4) is 5.75 Å². The number of nitrogens with one attached hydrogen (secondary N) is 1. The largest absolute Gasteiger partial charge is 0.491 e. The molecular weight excluding hydrogens is 194 g/mol. The van der Waals surface area contributed by atoms with Crippen LogP contribution >= 0.6 is 0 Å². The van der Waals surface area contributed by atoms with Crippen molar-refractivity contribution in [2.24, 2.45) is 0 Å². The van der Waals surface area contributed by atoms with Gasteiger partial charge in [0.05, 0.1) is 7.11 Å². The Morgan fingerprint density at radius 3 is 2.73 bits per heavy atom. The third-order valence-electron chi connectivity index (χ3n) is 2.74. The standard InChI is InChI=1S/C11H13NO3/c1-15-10-6-9(13)7-4-2-3-5-8(7)12-11(10)14/h6H,2-5H2,1H3,(H,12,14). The first-order chi connectivity index (χ1) is 7.22. The van der Waals surface area contributed by atoms with Gasteiger partial charge in [-0.3, -0.25) is 9.59 Å². The SMILES string of the molecule is COc1cc(=O)c2c([nH]c1=O)CCCC2. The van der Waals surface area contributed by atoms with Gasteiger partial charge in [-0.1, -0.05) is 0 Å². The van der Waals surface area contributed by atoms with E-state index in [-0.39, 0.29) is 16.7 Å². The maximum absolute atomic E-state index is 11.8. The molecule has 4 nitrogen and oxygen atoms in total. The Morgan fingerprint density at radius 1 is 1.27 bits per heavy atom. The van der Waals surface area contributed by atoms with Crippen LogP contribution in [0.25, 0.3) is 0 Å². The molecule has 0 unspecified atom stereocenters. The molecule has 2 rings (SSSR count). The van der Waals surface area contributed by atoms with Gasteiger partial charge in [0.1, 0.15) is 0 Å². The van der Waals surface area contributed by atoms with Gasteiger partial charge in [-0.2, -0.15) is 0 Å². The van der Waals surface area contributed by atoms with Gasteiger partial charge in [-0.05, 0) is 25.7 Å². The quantitative estimate of drug-likeness (QED) is 0.734. The molecule has 0 radical (unpaired) electrons. The first-order valence-electron chi connectivity index (χ1n) is 5.06. The third kappa shape index (κ3) is 1.79. The van der Waals surface area contributed by atoms with Crippen molar-refractivity contribution in [1.29, 1.82) is 0 Å². The van der Waals surface area contributed by atoms with Crippen molar-refractivity contribution in [3.63, 3.8) is 0 Å². The van der Waals surface area contributed by atoms with Gasteiger partial charge in [0, 0.05) is 17.3 Å². The van der Waals surface area contributed by atoms with E-state index in [2.05, 4.69) is 4.98 Å². The number of methoxy groups -OCH3 is 1. The molecule has 0 spiro atoms. The van der Waals surface area contributed by atoms with Gasteiger partial charge in [-0.15, -0.1) is 0 Å². The van der Waals surface area contributed by atoms with E-state index in [1.807, 2.05) is 0 Å².